The number of carbonyl (C=O) groups is 1. The van der Waals surface area contributed by atoms with Crippen molar-refractivity contribution in [3.8, 4) is 0 Å². The van der Waals surface area contributed by atoms with Crippen LogP contribution < -0.4 is 11.1 Å². The number of hydrogen-bond donors (Lipinski definition) is 3. The Morgan fingerprint density at radius 3 is 2.89 bits per heavy atom. The van der Waals surface area contributed by atoms with Crippen LogP contribution in [0.3, 0.4) is 0 Å². The van der Waals surface area contributed by atoms with Crippen molar-refractivity contribution in [3.63, 3.8) is 0 Å². The summed E-state index contributed by atoms with van der Waals surface area (Å²) in [4.78, 5) is 11.9. The van der Waals surface area contributed by atoms with Gasteiger partial charge in [-0.05, 0) is 34.5 Å². The highest BCUT2D eigenvalue weighted by Crippen LogP contribution is 2.20. The maximum Gasteiger partial charge on any atom is 0.252 e. The number of rotatable bonds is 4. The Labute approximate surface area is 114 Å². The number of amidine groups is 1. The fourth-order valence-electron chi connectivity index (χ4n) is 1.37. The summed E-state index contributed by atoms with van der Waals surface area (Å²) in [5.41, 5.74) is 7.00. The number of aryl methyl sites for hydroxylation is 1. The number of nitrogens with two attached hydrogens (primary N) is 1. The summed E-state index contributed by atoms with van der Waals surface area (Å²) in [6.45, 7) is 4.00. The second-order valence-corrected chi connectivity index (χ2v) is 4.87. The lowest BCUT2D eigenvalue weighted by Gasteiger charge is -2.12. The van der Waals surface area contributed by atoms with E-state index in [1.807, 2.05) is 19.1 Å². The number of carbonyl (C=O) groups excluding carboxylic acids is 1. The zero-order chi connectivity index (χ0) is 13.7. The molecule has 0 aromatic heterocycles. The van der Waals surface area contributed by atoms with Gasteiger partial charge in [-0.3, -0.25) is 4.79 Å². The lowest BCUT2D eigenvalue weighted by molar-refractivity contribution is 0.0950. The van der Waals surface area contributed by atoms with E-state index in [-0.39, 0.29) is 17.7 Å². The van der Waals surface area contributed by atoms with Crippen molar-refractivity contribution in [2.75, 3.05) is 6.54 Å². The molecule has 0 bridgehead atoms. The minimum atomic E-state index is -0.220. The smallest absolute Gasteiger partial charge is 0.252 e. The van der Waals surface area contributed by atoms with Gasteiger partial charge in [-0.25, -0.2) is 0 Å². The molecule has 1 amide bonds. The molecule has 0 heterocycles. The molecule has 0 fully saturated rings. The molecule has 1 unspecified atom stereocenters. The molecule has 1 rings (SSSR count). The molecule has 1 aromatic rings. The summed E-state index contributed by atoms with van der Waals surface area (Å²) in [6, 6.07) is 5.47. The highest BCUT2D eigenvalue weighted by atomic mass is 79.9. The Morgan fingerprint density at radius 2 is 2.28 bits per heavy atom. The van der Waals surface area contributed by atoms with Crippen molar-refractivity contribution in [3.05, 3.63) is 33.8 Å². The van der Waals surface area contributed by atoms with Gasteiger partial charge >= 0.3 is 0 Å². The molecule has 0 saturated heterocycles. The molecule has 1 atom stereocenters. The number of hydrogen-bond acceptors (Lipinski definition) is 3. The topological polar surface area (TPSA) is 87.7 Å². The summed E-state index contributed by atoms with van der Waals surface area (Å²) in [6.07, 6.45) is 0. The minimum absolute atomic E-state index is 0.0959. The molecule has 98 valence electrons. The van der Waals surface area contributed by atoms with Crippen LogP contribution in [0.15, 0.2) is 27.8 Å². The fraction of sp³-hybridized carbons (Fsp3) is 0.333. The molecule has 0 aliphatic rings. The SMILES string of the molecule is Cc1cccc(C(=O)NCC(C)/C(N)=N/O)c1Br. The third-order valence-electron chi connectivity index (χ3n) is 2.63. The summed E-state index contributed by atoms with van der Waals surface area (Å²) >= 11 is 3.38. The molecule has 6 heteroatoms. The van der Waals surface area contributed by atoms with E-state index in [0.717, 1.165) is 10.0 Å². The van der Waals surface area contributed by atoms with Crippen LogP contribution in [0.25, 0.3) is 0 Å². The first kappa shape index (κ1) is 14.5. The second kappa shape index (κ2) is 6.39. The van der Waals surface area contributed by atoms with E-state index < -0.39 is 0 Å². The van der Waals surface area contributed by atoms with E-state index in [1.54, 1.807) is 13.0 Å². The van der Waals surface area contributed by atoms with Gasteiger partial charge in [-0.1, -0.05) is 24.2 Å². The monoisotopic (exact) mass is 313 g/mol. The van der Waals surface area contributed by atoms with Crippen LogP contribution in [-0.2, 0) is 0 Å². The number of amides is 1. The lowest BCUT2D eigenvalue weighted by Crippen LogP contribution is -2.34. The predicted octanol–water partition coefficient (Wildman–Crippen LogP) is 1.87. The molecular formula is C12H16BrN3O2. The zero-order valence-corrected chi connectivity index (χ0v) is 11.9. The van der Waals surface area contributed by atoms with E-state index in [2.05, 4.69) is 26.4 Å². The number of halogens is 1. The lowest BCUT2D eigenvalue weighted by atomic mass is 10.1. The predicted molar refractivity (Wildman–Crippen MR) is 73.8 cm³/mol. The maximum atomic E-state index is 11.9. The van der Waals surface area contributed by atoms with Gasteiger partial charge in [0.25, 0.3) is 5.91 Å². The largest absolute Gasteiger partial charge is 0.409 e. The van der Waals surface area contributed by atoms with Crippen molar-refractivity contribution in [2.45, 2.75) is 13.8 Å². The Kier molecular flexibility index (Phi) is 5.15. The van der Waals surface area contributed by atoms with Crippen LogP contribution in [0.2, 0.25) is 0 Å². The molecule has 0 spiro atoms. The molecule has 4 N–H and O–H groups in total. The second-order valence-electron chi connectivity index (χ2n) is 4.07. The summed E-state index contributed by atoms with van der Waals surface area (Å²) in [5.74, 6) is -0.315. The van der Waals surface area contributed by atoms with Crippen LogP contribution in [0.1, 0.15) is 22.8 Å². The third kappa shape index (κ3) is 3.46. The highest BCUT2D eigenvalue weighted by molar-refractivity contribution is 9.10. The van der Waals surface area contributed by atoms with Crippen LogP contribution in [-0.4, -0.2) is 23.5 Å². The normalized spacial score (nSPS) is 13.2. The van der Waals surface area contributed by atoms with Crippen LogP contribution >= 0.6 is 15.9 Å². The van der Waals surface area contributed by atoms with E-state index in [9.17, 15) is 4.79 Å². The molecule has 0 aliphatic carbocycles. The Bertz CT molecular complexity index is 474. The van der Waals surface area contributed by atoms with Gasteiger partial charge < -0.3 is 16.3 Å². The quantitative estimate of drug-likeness (QED) is 0.343. The van der Waals surface area contributed by atoms with E-state index in [0.29, 0.717) is 12.1 Å². The molecule has 0 aliphatic heterocycles. The molecule has 1 aromatic carbocycles. The van der Waals surface area contributed by atoms with Crippen molar-refractivity contribution < 1.29 is 10.0 Å². The van der Waals surface area contributed by atoms with Gasteiger partial charge in [0.05, 0.1) is 5.56 Å². The molecular weight excluding hydrogens is 298 g/mol. The molecule has 18 heavy (non-hydrogen) atoms. The van der Waals surface area contributed by atoms with Crippen molar-refractivity contribution in [1.29, 1.82) is 0 Å². The van der Waals surface area contributed by atoms with Gasteiger partial charge in [-0.2, -0.15) is 0 Å². The van der Waals surface area contributed by atoms with E-state index >= 15 is 0 Å². The first-order valence-corrected chi connectivity index (χ1v) is 6.27. The Hall–Kier alpha value is -1.56. The molecule has 5 nitrogen and oxygen atoms in total. The summed E-state index contributed by atoms with van der Waals surface area (Å²) < 4.78 is 0.777. The van der Waals surface area contributed by atoms with Crippen LogP contribution in [0.5, 0.6) is 0 Å². The van der Waals surface area contributed by atoms with Gasteiger partial charge in [-0.15, -0.1) is 0 Å². The molecule has 0 saturated carbocycles. The average Bonchev–Trinajstić information content (AvgIpc) is 2.37. The van der Waals surface area contributed by atoms with Gasteiger partial charge in [0.2, 0.25) is 0 Å². The standard InChI is InChI=1S/C12H16BrN3O2/c1-7-4-3-5-9(10(7)13)12(17)15-6-8(2)11(14)16-18/h3-5,8,18H,6H2,1-2H3,(H2,14,16)(H,15,17). The van der Waals surface area contributed by atoms with Crippen LogP contribution in [0, 0.1) is 12.8 Å². The van der Waals surface area contributed by atoms with Crippen molar-refractivity contribution >= 4 is 27.7 Å². The zero-order valence-electron chi connectivity index (χ0n) is 10.3. The Balaban J connectivity index is 2.69. The van der Waals surface area contributed by atoms with Gasteiger partial charge in [0.1, 0.15) is 5.84 Å². The average molecular weight is 314 g/mol. The number of nitrogens with zero attached hydrogens (tertiary/aromatic N) is 1. The first-order valence-electron chi connectivity index (χ1n) is 5.48. The maximum absolute atomic E-state index is 11.9. The summed E-state index contributed by atoms with van der Waals surface area (Å²) in [5, 5.41) is 14.2. The number of oxime groups is 1. The van der Waals surface area contributed by atoms with Crippen molar-refractivity contribution in [1.82, 2.24) is 5.32 Å². The number of nitrogens with one attached hydrogen (secondary N) is 1. The highest BCUT2D eigenvalue weighted by Gasteiger charge is 2.13. The Morgan fingerprint density at radius 1 is 1.61 bits per heavy atom. The fourth-order valence-corrected chi connectivity index (χ4v) is 1.81. The van der Waals surface area contributed by atoms with E-state index in [4.69, 9.17) is 10.9 Å². The van der Waals surface area contributed by atoms with Gasteiger partial charge in [0, 0.05) is 16.9 Å². The van der Waals surface area contributed by atoms with Crippen LogP contribution in [0.4, 0.5) is 0 Å². The van der Waals surface area contributed by atoms with Crippen molar-refractivity contribution in [2.24, 2.45) is 16.8 Å². The summed E-state index contributed by atoms with van der Waals surface area (Å²) in [7, 11) is 0. The van der Waals surface area contributed by atoms with Gasteiger partial charge in [0.15, 0.2) is 0 Å². The number of benzene rings is 1. The third-order valence-corrected chi connectivity index (χ3v) is 3.68. The molecule has 0 radical (unpaired) electrons. The first-order chi connectivity index (χ1) is 8.47. The minimum Gasteiger partial charge on any atom is -0.409 e. The van der Waals surface area contributed by atoms with E-state index in [1.165, 1.54) is 0 Å².